The first-order chi connectivity index (χ1) is 6.54. The molecule has 2 heterocycles. The van der Waals surface area contributed by atoms with E-state index < -0.39 is 0 Å². The monoisotopic (exact) mass is 192 g/mol. The minimum absolute atomic E-state index is 0.178. The van der Waals surface area contributed by atoms with Crippen LogP contribution in [-0.2, 0) is 0 Å². The Morgan fingerprint density at radius 1 is 1.43 bits per heavy atom. The van der Waals surface area contributed by atoms with Crippen LogP contribution in [-0.4, -0.2) is 17.1 Å². The van der Waals surface area contributed by atoms with Crippen LogP contribution in [0.25, 0.3) is 0 Å². The highest BCUT2D eigenvalue weighted by Crippen LogP contribution is 2.22. The van der Waals surface area contributed by atoms with Crippen LogP contribution in [0.15, 0.2) is 18.2 Å². The number of pyridine rings is 1. The first-order valence-corrected chi connectivity index (χ1v) is 4.94. The molecule has 0 aliphatic carbocycles. The van der Waals surface area contributed by atoms with Crippen LogP contribution in [0, 0.1) is 0 Å². The molecule has 1 saturated heterocycles. The van der Waals surface area contributed by atoms with E-state index in [2.05, 4.69) is 10.3 Å². The van der Waals surface area contributed by atoms with Crippen molar-refractivity contribution >= 4 is 0 Å². The van der Waals surface area contributed by atoms with Gasteiger partial charge in [-0.2, -0.15) is 0 Å². The van der Waals surface area contributed by atoms with E-state index in [1.807, 2.05) is 39.0 Å². The number of aromatic nitrogens is 1. The van der Waals surface area contributed by atoms with Gasteiger partial charge in [0.15, 0.2) is 0 Å². The van der Waals surface area contributed by atoms with Gasteiger partial charge in [-0.15, -0.1) is 0 Å². The van der Waals surface area contributed by atoms with Crippen molar-refractivity contribution < 1.29 is 4.74 Å². The second kappa shape index (κ2) is 3.24. The van der Waals surface area contributed by atoms with Crippen molar-refractivity contribution in [3.05, 3.63) is 23.9 Å². The van der Waals surface area contributed by atoms with Crippen LogP contribution in [0.5, 0.6) is 5.88 Å². The zero-order valence-electron chi connectivity index (χ0n) is 8.87. The van der Waals surface area contributed by atoms with Gasteiger partial charge in [-0.05, 0) is 26.8 Å². The van der Waals surface area contributed by atoms with Crippen molar-refractivity contribution in [1.82, 2.24) is 10.3 Å². The average molecular weight is 192 g/mol. The fraction of sp³-hybridized carbons (Fsp3) is 0.545. The third-order valence-electron chi connectivity index (χ3n) is 1.92. The van der Waals surface area contributed by atoms with Crippen LogP contribution in [0.1, 0.15) is 32.5 Å². The van der Waals surface area contributed by atoms with Crippen LogP contribution in [0.3, 0.4) is 0 Å². The van der Waals surface area contributed by atoms with Gasteiger partial charge in [0, 0.05) is 12.6 Å². The molecule has 76 valence electrons. The summed E-state index contributed by atoms with van der Waals surface area (Å²) in [6, 6.07) is 6.36. The Morgan fingerprint density at radius 3 is 2.71 bits per heavy atom. The van der Waals surface area contributed by atoms with Crippen LogP contribution < -0.4 is 10.1 Å². The lowest BCUT2D eigenvalue weighted by Gasteiger charge is -2.20. The zero-order chi connectivity index (χ0) is 10.2. The topological polar surface area (TPSA) is 44.1 Å². The molecule has 0 spiro atoms. The highest BCUT2D eigenvalue weighted by atomic mass is 16.5. The molecule has 2 rings (SSSR count). The van der Waals surface area contributed by atoms with E-state index in [-0.39, 0.29) is 5.60 Å². The molecule has 14 heavy (non-hydrogen) atoms. The summed E-state index contributed by atoms with van der Waals surface area (Å²) < 4.78 is 5.68. The van der Waals surface area contributed by atoms with Crippen LogP contribution in [0.4, 0.5) is 0 Å². The Kier molecular flexibility index (Phi) is 2.19. The minimum atomic E-state index is -0.178. The van der Waals surface area contributed by atoms with E-state index >= 15 is 0 Å². The maximum Gasteiger partial charge on any atom is 0.214 e. The standard InChI is InChI=1S/C11H16N2O/c1-11(2,3)14-10-6-4-5-8(13-10)9-7-12-9/h4-6,9,12H,7H2,1-3H3/t9-/m1/s1. The largest absolute Gasteiger partial charge is 0.472 e. The molecule has 0 unspecified atom stereocenters. The van der Waals surface area contributed by atoms with Crippen molar-refractivity contribution in [1.29, 1.82) is 0 Å². The van der Waals surface area contributed by atoms with Gasteiger partial charge in [0.2, 0.25) is 5.88 Å². The van der Waals surface area contributed by atoms with E-state index in [1.54, 1.807) is 0 Å². The molecule has 1 aliphatic heterocycles. The quantitative estimate of drug-likeness (QED) is 0.728. The SMILES string of the molecule is CC(C)(C)Oc1cccc([C@H]2CN2)n1. The molecule has 3 nitrogen and oxygen atoms in total. The van der Waals surface area contributed by atoms with E-state index in [0.29, 0.717) is 11.9 Å². The minimum Gasteiger partial charge on any atom is -0.472 e. The number of rotatable bonds is 2. The highest BCUT2D eigenvalue weighted by molar-refractivity contribution is 5.21. The van der Waals surface area contributed by atoms with Crippen molar-refractivity contribution in [2.45, 2.75) is 32.4 Å². The van der Waals surface area contributed by atoms with E-state index in [1.165, 1.54) is 0 Å². The Balaban J connectivity index is 2.13. The van der Waals surface area contributed by atoms with Gasteiger partial charge < -0.3 is 10.1 Å². The molecule has 0 radical (unpaired) electrons. The molecule has 1 aromatic rings. The van der Waals surface area contributed by atoms with Gasteiger partial charge in [-0.3, -0.25) is 0 Å². The predicted molar refractivity (Wildman–Crippen MR) is 55.4 cm³/mol. The summed E-state index contributed by atoms with van der Waals surface area (Å²) in [5.74, 6) is 0.712. The predicted octanol–water partition coefficient (Wildman–Crippen LogP) is 1.90. The van der Waals surface area contributed by atoms with Gasteiger partial charge >= 0.3 is 0 Å². The fourth-order valence-corrected chi connectivity index (χ4v) is 1.26. The maximum atomic E-state index is 5.68. The number of hydrogen-bond acceptors (Lipinski definition) is 3. The summed E-state index contributed by atoms with van der Waals surface area (Å²) in [4.78, 5) is 4.44. The first kappa shape index (κ1) is 9.46. The summed E-state index contributed by atoms with van der Waals surface area (Å²) in [7, 11) is 0. The van der Waals surface area contributed by atoms with Crippen LogP contribution in [0.2, 0.25) is 0 Å². The van der Waals surface area contributed by atoms with E-state index in [9.17, 15) is 0 Å². The summed E-state index contributed by atoms with van der Waals surface area (Å²) in [5, 5.41) is 3.22. The summed E-state index contributed by atoms with van der Waals surface area (Å²) in [5.41, 5.74) is 0.898. The number of hydrogen-bond donors (Lipinski definition) is 1. The Bertz CT molecular complexity index is 326. The lowest BCUT2D eigenvalue weighted by Crippen LogP contribution is -2.23. The number of nitrogens with zero attached hydrogens (tertiary/aromatic N) is 1. The van der Waals surface area contributed by atoms with Gasteiger partial charge in [-0.1, -0.05) is 6.07 Å². The fourth-order valence-electron chi connectivity index (χ4n) is 1.26. The van der Waals surface area contributed by atoms with Gasteiger partial charge in [0.25, 0.3) is 0 Å². The van der Waals surface area contributed by atoms with Crippen LogP contribution >= 0.6 is 0 Å². The molecule has 0 saturated carbocycles. The maximum absolute atomic E-state index is 5.68. The van der Waals surface area contributed by atoms with Gasteiger partial charge in [0.1, 0.15) is 5.60 Å². The molecule has 1 aliphatic rings. The smallest absolute Gasteiger partial charge is 0.214 e. The van der Waals surface area contributed by atoms with Gasteiger partial charge in [-0.25, -0.2) is 4.98 Å². The van der Waals surface area contributed by atoms with E-state index in [0.717, 1.165) is 12.2 Å². The molecule has 0 amide bonds. The van der Waals surface area contributed by atoms with Crippen molar-refractivity contribution in [3.8, 4) is 5.88 Å². The molecule has 3 heteroatoms. The Hall–Kier alpha value is -1.09. The molecular formula is C11H16N2O. The molecule has 1 atom stereocenters. The van der Waals surface area contributed by atoms with Crippen molar-refractivity contribution in [2.24, 2.45) is 0 Å². The molecular weight excluding hydrogens is 176 g/mol. The van der Waals surface area contributed by atoms with E-state index in [4.69, 9.17) is 4.74 Å². The number of ether oxygens (including phenoxy) is 1. The normalized spacial score (nSPS) is 20.6. The Labute approximate surface area is 84.5 Å². The molecule has 1 N–H and O–H groups in total. The molecule has 0 aromatic carbocycles. The zero-order valence-corrected chi connectivity index (χ0v) is 8.87. The Morgan fingerprint density at radius 2 is 2.14 bits per heavy atom. The molecule has 1 fully saturated rings. The third kappa shape index (κ3) is 2.45. The molecule has 0 bridgehead atoms. The summed E-state index contributed by atoms with van der Waals surface area (Å²) >= 11 is 0. The lowest BCUT2D eigenvalue weighted by molar-refractivity contribution is 0.124. The average Bonchev–Trinajstić information content (AvgIpc) is 2.83. The second-order valence-corrected chi connectivity index (χ2v) is 4.58. The summed E-state index contributed by atoms with van der Waals surface area (Å²) in [6.07, 6.45) is 0. The lowest BCUT2D eigenvalue weighted by atomic mass is 10.2. The summed E-state index contributed by atoms with van der Waals surface area (Å²) in [6.45, 7) is 7.11. The van der Waals surface area contributed by atoms with Crippen molar-refractivity contribution in [3.63, 3.8) is 0 Å². The second-order valence-electron chi connectivity index (χ2n) is 4.58. The number of nitrogens with one attached hydrogen (secondary N) is 1. The van der Waals surface area contributed by atoms with Crippen molar-refractivity contribution in [2.75, 3.05) is 6.54 Å². The van der Waals surface area contributed by atoms with Gasteiger partial charge in [0.05, 0.1) is 11.7 Å². The highest BCUT2D eigenvalue weighted by Gasteiger charge is 2.24. The molecule has 1 aromatic heterocycles. The third-order valence-corrected chi connectivity index (χ3v) is 1.92. The first-order valence-electron chi connectivity index (χ1n) is 4.94.